The van der Waals surface area contributed by atoms with Crippen molar-refractivity contribution in [2.75, 3.05) is 25.2 Å². The van der Waals surface area contributed by atoms with E-state index in [1.54, 1.807) is 0 Å². The topological polar surface area (TPSA) is 105 Å². The van der Waals surface area contributed by atoms with Gasteiger partial charge in [-0.3, -0.25) is 18.6 Å². The summed E-state index contributed by atoms with van der Waals surface area (Å²) < 4.78 is 20.3. The zero-order chi connectivity index (χ0) is 27.2. The fourth-order valence-corrected chi connectivity index (χ4v) is 4.68. The van der Waals surface area contributed by atoms with Crippen molar-refractivity contribution < 1.29 is 28.1 Å². The Morgan fingerprint density at radius 3 is 2.37 bits per heavy atom. The molecule has 8 nitrogen and oxygen atoms in total. The molecule has 0 aromatic heterocycles. The van der Waals surface area contributed by atoms with Gasteiger partial charge in [0.2, 0.25) is 11.8 Å². The Morgan fingerprint density at radius 2 is 1.58 bits per heavy atom. The van der Waals surface area contributed by atoms with Gasteiger partial charge >= 0.3 is 7.82 Å². The van der Waals surface area contributed by atoms with Gasteiger partial charge in [-0.05, 0) is 55.9 Å². The van der Waals surface area contributed by atoms with Gasteiger partial charge in [-0.15, -0.1) is 0 Å². The fourth-order valence-electron chi connectivity index (χ4n) is 4.21. The number of carbonyl (C=O) groups is 2. The van der Waals surface area contributed by atoms with Gasteiger partial charge in [-0.1, -0.05) is 55.0 Å². The molecule has 0 saturated carbocycles. The molecule has 2 N–H and O–H groups in total. The minimum absolute atomic E-state index is 0.0218. The maximum absolute atomic E-state index is 13.2. The van der Waals surface area contributed by atoms with Crippen molar-refractivity contribution in [1.29, 1.82) is 0 Å². The number of benzene rings is 2. The third kappa shape index (κ3) is 9.74. The molecule has 0 bridgehead atoms. The number of nitrogens with one attached hydrogen (secondary N) is 1. The average Bonchev–Trinajstić information content (AvgIpc) is 2.91. The van der Waals surface area contributed by atoms with Gasteiger partial charge in [-0.25, -0.2) is 4.57 Å². The summed E-state index contributed by atoms with van der Waals surface area (Å²) >= 11 is 0. The van der Waals surface area contributed by atoms with Crippen LogP contribution < -0.4 is 10.2 Å². The minimum atomic E-state index is -3.90. The molecule has 1 heterocycles. The number of para-hydroxylation sites is 1. The molecule has 9 heteroatoms. The van der Waals surface area contributed by atoms with Crippen LogP contribution in [0.2, 0.25) is 0 Å². The predicted octanol–water partition coefficient (Wildman–Crippen LogP) is 5.32. The summed E-state index contributed by atoms with van der Waals surface area (Å²) in [4.78, 5) is 36.2. The van der Waals surface area contributed by atoms with Crippen molar-refractivity contribution in [1.82, 2.24) is 5.32 Å². The Morgan fingerprint density at radius 1 is 0.921 bits per heavy atom. The van der Waals surface area contributed by atoms with E-state index in [0.29, 0.717) is 32.4 Å². The molecule has 2 aromatic carbocycles. The number of anilines is 1. The van der Waals surface area contributed by atoms with Crippen molar-refractivity contribution in [3.05, 3.63) is 65.2 Å². The van der Waals surface area contributed by atoms with Gasteiger partial charge in [0, 0.05) is 37.6 Å². The second kappa shape index (κ2) is 15.5. The van der Waals surface area contributed by atoms with Crippen LogP contribution in [-0.2, 0) is 29.7 Å². The van der Waals surface area contributed by atoms with Gasteiger partial charge in [0.1, 0.15) is 0 Å². The van der Waals surface area contributed by atoms with E-state index >= 15 is 0 Å². The number of hydrogen-bond donors (Lipinski definition) is 2. The highest BCUT2D eigenvalue weighted by Gasteiger charge is 2.21. The normalized spacial score (nSPS) is 13.7. The molecule has 0 fully saturated rings. The highest BCUT2D eigenvalue weighted by Crippen LogP contribution is 2.41. The van der Waals surface area contributed by atoms with Crippen LogP contribution in [0.4, 0.5) is 5.69 Å². The summed E-state index contributed by atoms with van der Waals surface area (Å²) in [5.41, 5.74) is 3.71. The number of nitrogens with zero attached hydrogens (tertiary/aromatic N) is 1. The van der Waals surface area contributed by atoms with Gasteiger partial charge < -0.3 is 15.1 Å². The van der Waals surface area contributed by atoms with Crippen LogP contribution in [0, 0.1) is 11.8 Å². The lowest BCUT2D eigenvalue weighted by molar-refractivity contribution is -0.121. The van der Waals surface area contributed by atoms with Gasteiger partial charge in [0.15, 0.2) is 0 Å². The first-order chi connectivity index (χ1) is 18.4. The van der Waals surface area contributed by atoms with Gasteiger partial charge in [0.05, 0.1) is 18.8 Å². The molecular weight excluding hydrogens is 503 g/mol. The van der Waals surface area contributed by atoms with E-state index in [1.807, 2.05) is 53.4 Å². The average molecular weight is 541 g/mol. The molecule has 0 aliphatic carbocycles. The Labute approximate surface area is 225 Å². The molecule has 3 rings (SSSR count). The molecule has 0 radical (unpaired) electrons. The molecule has 2 amide bonds. The lowest BCUT2D eigenvalue weighted by Gasteiger charge is -2.26. The van der Waals surface area contributed by atoms with Crippen LogP contribution in [0.3, 0.4) is 0 Å². The molecule has 1 aliphatic heterocycles. The molecule has 2 aromatic rings. The molecule has 1 atom stereocenters. The van der Waals surface area contributed by atoms with Crippen LogP contribution in [-0.4, -0.2) is 37.0 Å². The molecule has 0 saturated heterocycles. The van der Waals surface area contributed by atoms with E-state index in [1.165, 1.54) is 0 Å². The Hall–Kier alpha value is -2.95. The number of carbonyl (C=O) groups excluding carboxylic acids is 2. The summed E-state index contributed by atoms with van der Waals surface area (Å²) in [6, 6.07) is 15.7. The van der Waals surface area contributed by atoms with E-state index in [9.17, 15) is 14.2 Å². The summed E-state index contributed by atoms with van der Waals surface area (Å²) in [6.45, 7) is 1.21. The maximum Gasteiger partial charge on any atom is 0.471 e. The maximum atomic E-state index is 13.2. The Bertz CT molecular complexity index is 1190. The third-order valence-electron chi connectivity index (χ3n) is 6.35. The quantitative estimate of drug-likeness (QED) is 0.180. The molecule has 38 heavy (non-hydrogen) atoms. The zero-order valence-corrected chi connectivity index (χ0v) is 22.9. The van der Waals surface area contributed by atoms with Gasteiger partial charge in [0.25, 0.3) is 0 Å². The fraction of sp³-hybridized carbons (Fsp3) is 0.448. The van der Waals surface area contributed by atoms with E-state index in [0.717, 1.165) is 68.0 Å². The van der Waals surface area contributed by atoms with E-state index in [2.05, 4.69) is 21.7 Å². The number of amides is 2. The molecular formula is C29H37N2O6P. The number of hydrogen-bond acceptors (Lipinski definition) is 5. The smallest absolute Gasteiger partial charge is 0.356 e. The molecule has 1 aliphatic rings. The first-order valence-corrected chi connectivity index (χ1v) is 14.7. The lowest BCUT2D eigenvalue weighted by atomic mass is 10.0. The Balaban J connectivity index is 1.32. The number of phosphoric acid groups is 1. The monoisotopic (exact) mass is 540 g/mol. The summed E-state index contributed by atoms with van der Waals surface area (Å²) in [5.74, 6) is 6.57. The van der Waals surface area contributed by atoms with Crippen LogP contribution in [0.15, 0.2) is 48.5 Å². The number of rotatable bonds is 15. The van der Waals surface area contributed by atoms with E-state index < -0.39 is 7.82 Å². The SMILES string of the molecule is COP(=O)(O)OCCCCCNC(=O)CCCCCCC(=O)N1Cc2ccccc2C#Cc2ccccc21. The second-order valence-electron chi connectivity index (χ2n) is 9.21. The van der Waals surface area contributed by atoms with Crippen LogP contribution in [0.1, 0.15) is 74.5 Å². The number of unbranched alkanes of at least 4 members (excludes halogenated alkanes) is 5. The van der Waals surface area contributed by atoms with Crippen LogP contribution in [0.5, 0.6) is 0 Å². The predicted molar refractivity (Wildman–Crippen MR) is 147 cm³/mol. The standard InChI is InChI=1S/C29H37N2O6P/c1-36-38(34,35)37-22-12-4-11-21-30-28(32)17-5-2-3-6-18-29(33)31-23-26-15-8-7-13-24(26)19-20-25-14-9-10-16-27(25)31/h7-10,13-16H,2-6,11-12,17-18,21-23H2,1H3,(H,30,32)(H,34,35). The highest BCUT2D eigenvalue weighted by molar-refractivity contribution is 7.47. The zero-order valence-electron chi connectivity index (χ0n) is 22.0. The first-order valence-electron chi connectivity index (χ1n) is 13.2. The highest BCUT2D eigenvalue weighted by atomic mass is 31.2. The first kappa shape index (κ1) is 29.6. The van der Waals surface area contributed by atoms with Crippen molar-refractivity contribution in [2.45, 2.75) is 64.3 Å². The summed E-state index contributed by atoms with van der Waals surface area (Å²) in [6.07, 6.45) is 6.43. The van der Waals surface area contributed by atoms with E-state index in [-0.39, 0.29) is 18.4 Å². The van der Waals surface area contributed by atoms with Crippen LogP contribution >= 0.6 is 7.82 Å². The van der Waals surface area contributed by atoms with Crippen molar-refractivity contribution >= 4 is 25.3 Å². The number of phosphoric ester groups is 1. The molecule has 204 valence electrons. The van der Waals surface area contributed by atoms with Crippen molar-refractivity contribution in [2.24, 2.45) is 0 Å². The Kier molecular flexibility index (Phi) is 12.0. The summed E-state index contributed by atoms with van der Waals surface area (Å²) in [5, 5.41) is 2.90. The largest absolute Gasteiger partial charge is 0.471 e. The number of fused-ring (bicyclic) bond motifs is 2. The van der Waals surface area contributed by atoms with Crippen LogP contribution in [0.25, 0.3) is 0 Å². The van der Waals surface area contributed by atoms with Crippen molar-refractivity contribution in [3.63, 3.8) is 0 Å². The van der Waals surface area contributed by atoms with Crippen molar-refractivity contribution in [3.8, 4) is 11.8 Å². The third-order valence-corrected chi connectivity index (χ3v) is 7.32. The summed E-state index contributed by atoms with van der Waals surface area (Å²) in [7, 11) is -2.78. The minimum Gasteiger partial charge on any atom is -0.356 e. The molecule has 1 unspecified atom stereocenters. The van der Waals surface area contributed by atoms with Gasteiger partial charge in [-0.2, -0.15) is 0 Å². The lowest BCUT2D eigenvalue weighted by Crippen LogP contribution is -2.31. The second-order valence-corrected chi connectivity index (χ2v) is 10.8. The van der Waals surface area contributed by atoms with E-state index in [4.69, 9.17) is 9.42 Å². The molecule has 0 spiro atoms.